The van der Waals surface area contributed by atoms with Crippen LogP contribution in [0.25, 0.3) is 0 Å². The van der Waals surface area contributed by atoms with Crippen LogP contribution in [0, 0.1) is 6.92 Å². The first-order valence-corrected chi connectivity index (χ1v) is 9.90. The van der Waals surface area contributed by atoms with Crippen LogP contribution in [0.2, 0.25) is 0 Å². The minimum atomic E-state index is -0.516. The second-order valence-electron chi connectivity index (χ2n) is 8.38. The normalized spacial score (nSPS) is 19.6. The van der Waals surface area contributed by atoms with Gasteiger partial charge in [0.1, 0.15) is 24.1 Å². The number of carbonyl (C=O) groups is 1. The first-order valence-electron chi connectivity index (χ1n) is 9.90. The highest BCUT2D eigenvalue weighted by Crippen LogP contribution is 2.27. The Balaban J connectivity index is 1.52. The fourth-order valence-corrected chi connectivity index (χ4v) is 3.18. The number of hydrogen-bond donors (Lipinski definition) is 1. The highest BCUT2D eigenvalue weighted by molar-refractivity contribution is 5.68. The predicted molar refractivity (Wildman–Crippen MR) is 108 cm³/mol. The van der Waals surface area contributed by atoms with Gasteiger partial charge in [-0.2, -0.15) is 0 Å². The molecule has 0 aliphatic carbocycles. The van der Waals surface area contributed by atoms with E-state index in [1.165, 1.54) is 0 Å². The quantitative estimate of drug-likeness (QED) is 0.824. The topological polar surface area (TPSA) is 87.5 Å². The Labute approximate surface area is 171 Å². The van der Waals surface area contributed by atoms with Crippen LogP contribution in [0.4, 0.5) is 4.79 Å². The van der Waals surface area contributed by atoms with Crippen LogP contribution in [0.1, 0.15) is 56.9 Å². The van der Waals surface area contributed by atoms with Gasteiger partial charge < -0.3 is 24.1 Å². The molecule has 158 valence electrons. The van der Waals surface area contributed by atoms with Gasteiger partial charge in [-0.15, -0.1) is 10.2 Å². The van der Waals surface area contributed by atoms with Crippen molar-refractivity contribution in [2.45, 2.75) is 64.9 Å². The van der Waals surface area contributed by atoms with E-state index in [0.29, 0.717) is 13.2 Å². The van der Waals surface area contributed by atoms with Crippen molar-refractivity contribution in [1.82, 2.24) is 20.1 Å². The third-order valence-electron chi connectivity index (χ3n) is 4.64. The predicted octanol–water partition coefficient (Wildman–Crippen LogP) is 3.45. The van der Waals surface area contributed by atoms with Crippen molar-refractivity contribution in [3.63, 3.8) is 0 Å². The highest BCUT2D eigenvalue weighted by Gasteiger charge is 2.29. The zero-order chi connectivity index (χ0) is 21.0. The van der Waals surface area contributed by atoms with E-state index in [-0.39, 0.29) is 12.1 Å². The maximum absolute atomic E-state index is 11.9. The number of nitrogens with zero attached hydrogens (tertiary/aromatic N) is 3. The van der Waals surface area contributed by atoms with Crippen molar-refractivity contribution in [2.24, 2.45) is 7.05 Å². The van der Waals surface area contributed by atoms with Gasteiger partial charge in [-0.25, -0.2) is 4.79 Å². The largest absolute Gasteiger partial charge is 0.486 e. The van der Waals surface area contributed by atoms with Crippen molar-refractivity contribution in [2.75, 3.05) is 6.61 Å². The van der Waals surface area contributed by atoms with E-state index < -0.39 is 11.7 Å². The maximum Gasteiger partial charge on any atom is 0.407 e. The molecule has 2 heterocycles. The number of alkyl carbamates (subject to hydrolysis) is 1. The van der Waals surface area contributed by atoms with Crippen molar-refractivity contribution < 1.29 is 19.0 Å². The SMILES string of the molecule is Cc1cccc(OCc2nnc([C@@H]3CC[C@@H](NC(=O)OC(C)(C)C)CO3)n2C)c1. The molecule has 0 radical (unpaired) electrons. The summed E-state index contributed by atoms with van der Waals surface area (Å²) in [5, 5.41) is 11.4. The molecule has 0 saturated carbocycles. The van der Waals surface area contributed by atoms with Crippen molar-refractivity contribution in [3.05, 3.63) is 41.5 Å². The molecule has 8 nitrogen and oxygen atoms in total. The van der Waals surface area contributed by atoms with Gasteiger partial charge in [0.2, 0.25) is 0 Å². The van der Waals surface area contributed by atoms with Crippen LogP contribution in [-0.2, 0) is 23.1 Å². The Hall–Kier alpha value is -2.61. The first kappa shape index (κ1) is 21.1. The number of ether oxygens (including phenoxy) is 3. The summed E-state index contributed by atoms with van der Waals surface area (Å²) in [4.78, 5) is 11.9. The molecular formula is C21H30N4O4. The minimum Gasteiger partial charge on any atom is -0.486 e. The van der Waals surface area contributed by atoms with E-state index in [2.05, 4.69) is 15.5 Å². The highest BCUT2D eigenvalue weighted by atomic mass is 16.6. The third kappa shape index (κ3) is 5.93. The summed E-state index contributed by atoms with van der Waals surface area (Å²) >= 11 is 0. The molecule has 2 atom stereocenters. The lowest BCUT2D eigenvalue weighted by atomic mass is 10.0. The van der Waals surface area contributed by atoms with Crippen LogP contribution in [0.5, 0.6) is 5.75 Å². The molecule has 29 heavy (non-hydrogen) atoms. The van der Waals surface area contributed by atoms with Gasteiger partial charge in [0.05, 0.1) is 12.6 Å². The van der Waals surface area contributed by atoms with Gasteiger partial charge in [0.25, 0.3) is 0 Å². The number of carbonyl (C=O) groups excluding carboxylic acids is 1. The molecule has 1 aromatic carbocycles. The number of nitrogens with one attached hydrogen (secondary N) is 1. The second-order valence-corrected chi connectivity index (χ2v) is 8.38. The van der Waals surface area contributed by atoms with E-state index in [9.17, 15) is 4.79 Å². The molecule has 0 spiro atoms. The number of aryl methyl sites for hydroxylation is 1. The fraction of sp³-hybridized carbons (Fsp3) is 0.571. The summed E-state index contributed by atoms with van der Waals surface area (Å²) in [5.41, 5.74) is 0.629. The lowest BCUT2D eigenvalue weighted by molar-refractivity contribution is -0.0149. The minimum absolute atomic E-state index is 0.0709. The number of rotatable bonds is 5. The zero-order valence-corrected chi connectivity index (χ0v) is 17.8. The number of amides is 1. The van der Waals surface area contributed by atoms with E-state index in [0.717, 1.165) is 35.8 Å². The number of hydrogen-bond acceptors (Lipinski definition) is 6. The molecule has 1 N–H and O–H groups in total. The van der Waals surface area contributed by atoms with Crippen molar-refractivity contribution in [3.8, 4) is 5.75 Å². The Morgan fingerprint density at radius 1 is 1.31 bits per heavy atom. The average molecular weight is 402 g/mol. The molecule has 1 aromatic heterocycles. The Morgan fingerprint density at radius 3 is 2.76 bits per heavy atom. The van der Waals surface area contributed by atoms with Crippen LogP contribution >= 0.6 is 0 Å². The molecule has 2 aromatic rings. The number of benzene rings is 1. The summed E-state index contributed by atoms with van der Waals surface area (Å²) < 4.78 is 19.0. The Morgan fingerprint density at radius 2 is 2.10 bits per heavy atom. The molecule has 1 fully saturated rings. The third-order valence-corrected chi connectivity index (χ3v) is 4.64. The monoisotopic (exact) mass is 402 g/mol. The molecular weight excluding hydrogens is 372 g/mol. The molecule has 1 saturated heterocycles. The second kappa shape index (κ2) is 8.82. The number of aromatic nitrogens is 3. The summed E-state index contributed by atoms with van der Waals surface area (Å²) in [6.07, 6.45) is 0.951. The lowest BCUT2D eigenvalue weighted by Gasteiger charge is -2.30. The molecule has 1 aliphatic heterocycles. The molecule has 1 aliphatic rings. The average Bonchev–Trinajstić information content (AvgIpc) is 3.00. The first-order chi connectivity index (χ1) is 13.7. The molecule has 0 unspecified atom stereocenters. The van der Waals surface area contributed by atoms with E-state index in [1.54, 1.807) is 0 Å². The zero-order valence-electron chi connectivity index (χ0n) is 17.8. The maximum atomic E-state index is 11.9. The summed E-state index contributed by atoms with van der Waals surface area (Å²) in [6, 6.07) is 7.83. The molecule has 8 heteroatoms. The molecule has 1 amide bonds. The smallest absolute Gasteiger partial charge is 0.407 e. The van der Waals surface area contributed by atoms with Gasteiger partial charge >= 0.3 is 6.09 Å². The lowest BCUT2D eigenvalue weighted by Crippen LogP contribution is -2.43. The van der Waals surface area contributed by atoms with E-state index in [4.69, 9.17) is 14.2 Å². The fourth-order valence-electron chi connectivity index (χ4n) is 3.18. The van der Waals surface area contributed by atoms with Gasteiger partial charge in [0, 0.05) is 7.05 Å². The van der Waals surface area contributed by atoms with Gasteiger partial charge in [0.15, 0.2) is 11.6 Å². The van der Waals surface area contributed by atoms with Crippen molar-refractivity contribution in [1.29, 1.82) is 0 Å². The van der Waals surface area contributed by atoms with Gasteiger partial charge in [-0.05, 0) is 58.2 Å². The van der Waals surface area contributed by atoms with Gasteiger partial charge in [-0.1, -0.05) is 12.1 Å². The van der Waals surface area contributed by atoms with E-state index >= 15 is 0 Å². The Bertz CT molecular complexity index is 835. The van der Waals surface area contributed by atoms with Crippen LogP contribution in [0.15, 0.2) is 24.3 Å². The van der Waals surface area contributed by atoms with Gasteiger partial charge in [-0.3, -0.25) is 0 Å². The van der Waals surface area contributed by atoms with E-state index in [1.807, 2.05) is 63.6 Å². The summed E-state index contributed by atoms with van der Waals surface area (Å²) in [6.45, 7) is 8.30. The van der Waals surface area contributed by atoms with Crippen molar-refractivity contribution >= 4 is 6.09 Å². The summed E-state index contributed by atoms with van der Waals surface area (Å²) in [7, 11) is 1.92. The molecule has 3 rings (SSSR count). The van der Waals surface area contributed by atoms with Crippen LogP contribution in [-0.4, -0.2) is 39.1 Å². The summed E-state index contributed by atoms with van der Waals surface area (Å²) in [5.74, 6) is 2.31. The standard InChI is InChI=1S/C21H30N4O4/c1-14-7-6-8-16(11-14)27-13-18-23-24-19(25(18)5)17-10-9-15(12-28-17)22-20(26)29-21(2,3)4/h6-8,11,15,17H,9-10,12-13H2,1-5H3,(H,22,26)/t15-,17+/m1/s1. The Kier molecular flexibility index (Phi) is 6.42. The molecule has 0 bridgehead atoms. The van der Waals surface area contributed by atoms with Crippen LogP contribution < -0.4 is 10.1 Å². The van der Waals surface area contributed by atoms with Crippen LogP contribution in [0.3, 0.4) is 0 Å².